The van der Waals surface area contributed by atoms with E-state index in [1.807, 2.05) is 31.2 Å². The summed E-state index contributed by atoms with van der Waals surface area (Å²) in [6.45, 7) is 2.00. The molecule has 2 rings (SSSR count). The molecule has 0 aliphatic heterocycles. The zero-order valence-electron chi connectivity index (χ0n) is 9.45. The molecule has 88 valence electrons. The average molecular weight is 250 g/mol. The predicted molar refractivity (Wildman–Crippen MR) is 68.6 cm³/mol. The Kier molecular flexibility index (Phi) is 3.46. The van der Waals surface area contributed by atoms with E-state index in [9.17, 15) is 4.39 Å². The minimum absolute atomic E-state index is 0.116. The molecule has 1 atom stereocenters. The minimum Gasteiger partial charge on any atom is -0.320 e. The van der Waals surface area contributed by atoms with Crippen LogP contribution in [-0.4, -0.2) is 0 Å². The van der Waals surface area contributed by atoms with Gasteiger partial charge in [0, 0.05) is 0 Å². The van der Waals surface area contributed by atoms with Crippen molar-refractivity contribution in [2.75, 3.05) is 0 Å². The van der Waals surface area contributed by atoms with E-state index in [1.165, 1.54) is 12.1 Å². The monoisotopic (exact) mass is 249 g/mol. The van der Waals surface area contributed by atoms with Crippen molar-refractivity contribution in [3.8, 4) is 0 Å². The van der Waals surface area contributed by atoms with E-state index in [0.717, 1.165) is 16.7 Å². The standard InChI is InChI=1S/C14H13ClFN/c1-9-3-2-4-10(7-9)14(17)11-5-6-12(15)13(16)8-11/h2-8,14H,17H2,1H3. The van der Waals surface area contributed by atoms with E-state index in [4.69, 9.17) is 17.3 Å². The van der Waals surface area contributed by atoms with Crippen molar-refractivity contribution in [3.63, 3.8) is 0 Å². The van der Waals surface area contributed by atoms with Crippen LogP contribution in [0.4, 0.5) is 4.39 Å². The molecule has 0 bridgehead atoms. The maximum Gasteiger partial charge on any atom is 0.142 e. The molecule has 0 fully saturated rings. The van der Waals surface area contributed by atoms with Crippen LogP contribution in [0.1, 0.15) is 22.7 Å². The van der Waals surface area contributed by atoms with Crippen molar-refractivity contribution in [3.05, 3.63) is 70.0 Å². The van der Waals surface area contributed by atoms with Crippen molar-refractivity contribution < 1.29 is 4.39 Å². The largest absolute Gasteiger partial charge is 0.320 e. The Hall–Kier alpha value is -1.38. The van der Waals surface area contributed by atoms with Gasteiger partial charge in [-0.25, -0.2) is 4.39 Å². The van der Waals surface area contributed by atoms with Crippen LogP contribution >= 0.6 is 11.6 Å². The molecule has 2 aromatic carbocycles. The first-order chi connectivity index (χ1) is 8.08. The van der Waals surface area contributed by atoms with E-state index in [2.05, 4.69) is 0 Å². The highest BCUT2D eigenvalue weighted by Gasteiger charge is 2.11. The van der Waals surface area contributed by atoms with Gasteiger partial charge in [0.1, 0.15) is 5.82 Å². The van der Waals surface area contributed by atoms with Crippen molar-refractivity contribution >= 4 is 11.6 Å². The van der Waals surface area contributed by atoms with Gasteiger partial charge >= 0.3 is 0 Å². The minimum atomic E-state index is -0.438. The van der Waals surface area contributed by atoms with Gasteiger partial charge in [0.2, 0.25) is 0 Å². The molecule has 3 heteroatoms. The summed E-state index contributed by atoms with van der Waals surface area (Å²) in [4.78, 5) is 0. The summed E-state index contributed by atoms with van der Waals surface area (Å²) in [7, 11) is 0. The summed E-state index contributed by atoms with van der Waals surface area (Å²) >= 11 is 5.64. The van der Waals surface area contributed by atoms with E-state index in [0.29, 0.717) is 0 Å². The SMILES string of the molecule is Cc1cccc(C(N)c2ccc(Cl)c(F)c2)c1. The van der Waals surface area contributed by atoms with Crippen LogP contribution < -0.4 is 5.73 Å². The van der Waals surface area contributed by atoms with Crippen molar-refractivity contribution in [2.24, 2.45) is 5.73 Å². The average Bonchev–Trinajstić information content (AvgIpc) is 2.32. The smallest absolute Gasteiger partial charge is 0.142 e. The summed E-state index contributed by atoms with van der Waals surface area (Å²) in [6.07, 6.45) is 0. The topological polar surface area (TPSA) is 26.0 Å². The summed E-state index contributed by atoms with van der Waals surface area (Å²) < 4.78 is 13.3. The third-order valence-corrected chi connectivity index (χ3v) is 3.01. The Balaban J connectivity index is 2.36. The van der Waals surface area contributed by atoms with E-state index in [1.54, 1.807) is 6.07 Å². The second-order valence-corrected chi connectivity index (χ2v) is 4.47. The first-order valence-corrected chi connectivity index (χ1v) is 5.73. The first-order valence-electron chi connectivity index (χ1n) is 5.35. The molecule has 2 aromatic rings. The molecule has 0 spiro atoms. The quantitative estimate of drug-likeness (QED) is 0.860. The van der Waals surface area contributed by atoms with Gasteiger partial charge in [0.05, 0.1) is 11.1 Å². The molecule has 0 saturated heterocycles. The number of hydrogen-bond acceptors (Lipinski definition) is 1. The van der Waals surface area contributed by atoms with Gasteiger partial charge in [-0.3, -0.25) is 0 Å². The zero-order valence-corrected chi connectivity index (χ0v) is 10.2. The molecule has 0 heterocycles. The number of benzene rings is 2. The first kappa shape index (κ1) is 12.1. The van der Waals surface area contributed by atoms with Crippen molar-refractivity contribution in [2.45, 2.75) is 13.0 Å². The highest BCUT2D eigenvalue weighted by Crippen LogP contribution is 2.24. The Morgan fingerprint density at radius 2 is 1.82 bits per heavy atom. The third kappa shape index (κ3) is 2.65. The molecule has 0 aliphatic rings. The van der Waals surface area contributed by atoms with Crippen LogP contribution in [0.5, 0.6) is 0 Å². The molecular weight excluding hydrogens is 237 g/mol. The highest BCUT2D eigenvalue weighted by atomic mass is 35.5. The van der Waals surface area contributed by atoms with Crippen LogP contribution in [0.15, 0.2) is 42.5 Å². The van der Waals surface area contributed by atoms with Crippen LogP contribution in [0.25, 0.3) is 0 Å². The fraction of sp³-hybridized carbons (Fsp3) is 0.143. The van der Waals surface area contributed by atoms with Gasteiger partial charge in [0.15, 0.2) is 0 Å². The Morgan fingerprint density at radius 3 is 2.47 bits per heavy atom. The summed E-state index contributed by atoms with van der Waals surface area (Å²) in [5.41, 5.74) is 8.91. The molecule has 0 saturated carbocycles. The Morgan fingerprint density at radius 1 is 1.12 bits per heavy atom. The number of halogens is 2. The second-order valence-electron chi connectivity index (χ2n) is 4.07. The lowest BCUT2D eigenvalue weighted by atomic mass is 9.98. The number of hydrogen-bond donors (Lipinski definition) is 1. The van der Waals surface area contributed by atoms with Crippen LogP contribution in [0.2, 0.25) is 5.02 Å². The summed E-state index contributed by atoms with van der Waals surface area (Å²) in [5.74, 6) is -0.438. The highest BCUT2D eigenvalue weighted by molar-refractivity contribution is 6.30. The Labute approximate surface area is 105 Å². The van der Waals surface area contributed by atoms with Gasteiger partial charge in [-0.1, -0.05) is 47.5 Å². The molecule has 17 heavy (non-hydrogen) atoms. The molecule has 1 nitrogen and oxygen atoms in total. The van der Waals surface area contributed by atoms with Gasteiger partial charge < -0.3 is 5.73 Å². The van der Waals surface area contributed by atoms with E-state index >= 15 is 0 Å². The van der Waals surface area contributed by atoms with Crippen LogP contribution in [0, 0.1) is 12.7 Å². The molecule has 1 unspecified atom stereocenters. The molecular formula is C14H13ClFN. The van der Waals surface area contributed by atoms with E-state index in [-0.39, 0.29) is 11.1 Å². The molecule has 0 amide bonds. The number of nitrogens with two attached hydrogens (primary N) is 1. The third-order valence-electron chi connectivity index (χ3n) is 2.70. The normalized spacial score (nSPS) is 12.5. The number of aryl methyl sites for hydroxylation is 1. The van der Waals surface area contributed by atoms with Gasteiger partial charge in [-0.05, 0) is 30.2 Å². The lowest BCUT2D eigenvalue weighted by Gasteiger charge is -2.13. The second kappa shape index (κ2) is 4.86. The molecule has 0 aromatic heterocycles. The molecule has 0 radical (unpaired) electrons. The maximum atomic E-state index is 13.3. The predicted octanol–water partition coefficient (Wildman–Crippen LogP) is 3.84. The zero-order chi connectivity index (χ0) is 12.4. The fourth-order valence-corrected chi connectivity index (χ4v) is 1.88. The summed E-state index contributed by atoms with van der Waals surface area (Å²) in [5, 5.41) is 0.116. The summed E-state index contributed by atoms with van der Waals surface area (Å²) in [6, 6.07) is 12.2. The lowest BCUT2D eigenvalue weighted by molar-refractivity contribution is 0.624. The van der Waals surface area contributed by atoms with Crippen LogP contribution in [-0.2, 0) is 0 Å². The molecule has 0 aliphatic carbocycles. The lowest BCUT2D eigenvalue weighted by Crippen LogP contribution is -2.12. The fourth-order valence-electron chi connectivity index (χ4n) is 1.76. The van der Waals surface area contributed by atoms with Gasteiger partial charge in [-0.15, -0.1) is 0 Å². The van der Waals surface area contributed by atoms with Gasteiger partial charge in [-0.2, -0.15) is 0 Å². The van der Waals surface area contributed by atoms with Crippen molar-refractivity contribution in [1.82, 2.24) is 0 Å². The molecule has 2 N–H and O–H groups in total. The number of rotatable bonds is 2. The van der Waals surface area contributed by atoms with E-state index < -0.39 is 5.82 Å². The van der Waals surface area contributed by atoms with Crippen molar-refractivity contribution in [1.29, 1.82) is 0 Å². The van der Waals surface area contributed by atoms with Gasteiger partial charge in [0.25, 0.3) is 0 Å². The maximum absolute atomic E-state index is 13.3. The van der Waals surface area contributed by atoms with Crippen LogP contribution in [0.3, 0.4) is 0 Å². The Bertz CT molecular complexity index is 539.